The van der Waals surface area contributed by atoms with Crippen molar-refractivity contribution >= 4 is 17.6 Å². The number of anilines is 1. The average Bonchev–Trinajstić information content (AvgIpc) is 2.80. The molecular weight excluding hydrogens is 274 g/mol. The molecule has 2 aromatic rings. The zero-order chi connectivity index (χ0) is 15.4. The second-order valence-corrected chi connectivity index (χ2v) is 4.41. The molecule has 21 heavy (non-hydrogen) atoms. The van der Waals surface area contributed by atoms with Crippen LogP contribution in [0.4, 0.5) is 5.69 Å². The Bertz CT molecular complexity index is 661. The van der Waals surface area contributed by atoms with Crippen molar-refractivity contribution in [3.05, 3.63) is 41.7 Å². The molecule has 0 saturated carbocycles. The van der Waals surface area contributed by atoms with E-state index in [-0.39, 0.29) is 18.0 Å². The number of hydrogen-bond donors (Lipinski definition) is 2. The third-order valence-electron chi connectivity index (χ3n) is 2.86. The Hall–Kier alpha value is -2.83. The van der Waals surface area contributed by atoms with Crippen molar-refractivity contribution in [1.29, 1.82) is 0 Å². The summed E-state index contributed by atoms with van der Waals surface area (Å²) < 4.78 is 6.33. The highest BCUT2D eigenvalue weighted by molar-refractivity contribution is 5.91. The van der Waals surface area contributed by atoms with Gasteiger partial charge in [0.05, 0.1) is 12.8 Å². The molecule has 0 bridgehead atoms. The first-order valence-corrected chi connectivity index (χ1v) is 6.21. The lowest BCUT2D eigenvalue weighted by atomic mass is 10.3. The van der Waals surface area contributed by atoms with Crippen molar-refractivity contribution in [1.82, 2.24) is 9.78 Å². The molecule has 1 heterocycles. The molecule has 0 fully saturated rings. The van der Waals surface area contributed by atoms with E-state index in [1.165, 1.54) is 10.9 Å². The third kappa shape index (κ3) is 3.59. The summed E-state index contributed by atoms with van der Waals surface area (Å²) in [6, 6.07) is 6.90. The third-order valence-corrected chi connectivity index (χ3v) is 2.86. The Kier molecular flexibility index (Phi) is 4.22. The number of hydrogen-bond acceptors (Lipinski definition) is 4. The standard InChI is InChI=1S/C14H15N3O4/c1-9-12(14(19)20)7-17(16-9)8-13(18)15-10-3-5-11(21-2)6-4-10/h3-7H,8H2,1-2H3,(H,15,18)(H,19,20). The second-order valence-electron chi connectivity index (χ2n) is 4.41. The van der Waals surface area contributed by atoms with Crippen molar-refractivity contribution in [2.75, 3.05) is 12.4 Å². The number of carboxylic acid groups (broad SMARTS) is 1. The van der Waals surface area contributed by atoms with Crippen LogP contribution in [0, 0.1) is 6.92 Å². The molecule has 7 heteroatoms. The lowest BCUT2D eigenvalue weighted by Crippen LogP contribution is -2.19. The van der Waals surface area contributed by atoms with E-state index < -0.39 is 5.97 Å². The van der Waals surface area contributed by atoms with Gasteiger partial charge in [0.25, 0.3) is 0 Å². The van der Waals surface area contributed by atoms with Crippen molar-refractivity contribution in [3.8, 4) is 5.75 Å². The largest absolute Gasteiger partial charge is 0.497 e. The minimum Gasteiger partial charge on any atom is -0.497 e. The minimum atomic E-state index is -1.06. The van der Waals surface area contributed by atoms with E-state index in [0.717, 1.165) is 0 Å². The molecule has 0 atom stereocenters. The number of ether oxygens (including phenoxy) is 1. The van der Waals surface area contributed by atoms with Crippen molar-refractivity contribution in [2.24, 2.45) is 0 Å². The molecule has 0 radical (unpaired) electrons. The van der Waals surface area contributed by atoms with Gasteiger partial charge in [0, 0.05) is 11.9 Å². The summed E-state index contributed by atoms with van der Waals surface area (Å²) in [4.78, 5) is 22.8. The number of benzene rings is 1. The average molecular weight is 289 g/mol. The maximum atomic E-state index is 11.9. The number of nitrogens with one attached hydrogen (secondary N) is 1. The summed E-state index contributed by atoms with van der Waals surface area (Å²) in [6.45, 7) is 1.53. The second kappa shape index (κ2) is 6.08. The zero-order valence-electron chi connectivity index (χ0n) is 11.7. The number of aryl methyl sites for hydroxylation is 1. The summed E-state index contributed by atoms with van der Waals surface area (Å²) in [5.41, 5.74) is 1.09. The van der Waals surface area contributed by atoms with Crippen LogP contribution in [0.3, 0.4) is 0 Å². The highest BCUT2D eigenvalue weighted by Crippen LogP contribution is 2.15. The quantitative estimate of drug-likeness (QED) is 0.870. The van der Waals surface area contributed by atoms with Gasteiger partial charge < -0.3 is 15.2 Å². The van der Waals surface area contributed by atoms with Gasteiger partial charge in [0.1, 0.15) is 17.9 Å². The van der Waals surface area contributed by atoms with Crippen LogP contribution in [0.5, 0.6) is 5.75 Å². The van der Waals surface area contributed by atoms with Gasteiger partial charge in [0.2, 0.25) is 5.91 Å². The SMILES string of the molecule is COc1ccc(NC(=O)Cn2cc(C(=O)O)c(C)n2)cc1. The van der Waals surface area contributed by atoms with Gasteiger partial charge in [-0.15, -0.1) is 0 Å². The number of carboxylic acids is 1. The summed E-state index contributed by atoms with van der Waals surface area (Å²) in [7, 11) is 1.56. The van der Waals surface area contributed by atoms with Gasteiger partial charge in [-0.3, -0.25) is 9.48 Å². The van der Waals surface area contributed by atoms with Crippen LogP contribution in [-0.2, 0) is 11.3 Å². The van der Waals surface area contributed by atoms with Gasteiger partial charge in [0.15, 0.2) is 0 Å². The number of carbonyl (C=O) groups is 2. The molecule has 0 aliphatic carbocycles. The fourth-order valence-corrected chi connectivity index (χ4v) is 1.83. The van der Waals surface area contributed by atoms with E-state index in [2.05, 4.69) is 10.4 Å². The lowest BCUT2D eigenvalue weighted by molar-refractivity contribution is -0.116. The fourth-order valence-electron chi connectivity index (χ4n) is 1.83. The molecular formula is C14H15N3O4. The number of rotatable bonds is 5. The number of aromatic nitrogens is 2. The Morgan fingerprint density at radius 2 is 2.00 bits per heavy atom. The van der Waals surface area contributed by atoms with Crippen LogP contribution in [0.1, 0.15) is 16.1 Å². The molecule has 110 valence electrons. The molecule has 2 N–H and O–H groups in total. The monoisotopic (exact) mass is 289 g/mol. The molecule has 0 aliphatic rings. The Balaban J connectivity index is 2.01. The van der Waals surface area contributed by atoms with Gasteiger partial charge in [-0.25, -0.2) is 4.79 Å². The van der Waals surface area contributed by atoms with E-state index in [1.54, 1.807) is 38.3 Å². The summed E-state index contributed by atoms with van der Waals surface area (Å²) in [5.74, 6) is -0.657. The number of aromatic carboxylic acids is 1. The molecule has 2 rings (SSSR count). The van der Waals surface area contributed by atoms with Gasteiger partial charge in [-0.05, 0) is 31.2 Å². The smallest absolute Gasteiger partial charge is 0.339 e. The van der Waals surface area contributed by atoms with Crippen LogP contribution in [0.15, 0.2) is 30.5 Å². The van der Waals surface area contributed by atoms with Crippen LogP contribution < -0.4 is 10.1 Å². The topological polar surface area (TPSA) is 93.5 Å². The van der Waals surface area contributed by atoms with Crippen LogP contribution in [0.2, 0.25) is 0 Å². The van der Waals surface area contributed by atoms with Crippen molar-refractivity contribution < 1.29 is 19.4 Å². The first kappa shape index (κ1) is 14.6. The predicted molar refractivity (Wildman–Crippen MR) is 75.5 cm³/mol. The highest BCUT2D eigenvalue weighted by atomic mass is 16.5. The molecule has 7 nitrogen and oxygen atoms in total. The Labute approximate surface area is 121 Å². The lowest BCUT2D eigenvalue weighted by Gasteiger charge is -2.06. The van der Waals surface area contributed by atoms with Crippen molar-refractivity contribution in [3.63, 3.8) is 0 Å². The normalized spacial score (nSPS) is 10.2. The Morgan fingerprint density at radius 3 is 2.52 bits per heavy atom. The van der Waals surface area contributed by atoms with Crippen LogP contribution in [-0.4, -0.2) is 33.9 Å². The molecule has 0 saturated heterocycles. The maximum Gasteiger partial charge on any atom is 0.339 e. The number of amides is 1. The van der Waals surface area contributed by atoms with Gasteiger partial charge in [-0.1, -0.05) is 0 Å². The highest BCUT2D eigenvalue weighted by Gasteiger charge is 2.13. The van der Waals surface area contributed by atoms with E-state index in [0.29, 0.717) is 17.1 Å². The van der Waals surface area contributed by atoms with Crippen LogP contribution >= 0.6 is 0 Å². The first-order valence-electron chi connectivity index (χ1n) is 6.21. The number of carbonyl (C=O) groups excluding carboxylic acids is 1. The molecule has 1 aromatic carbocycles. The fraction of sp³-hybridized carbons (Fsp3) is 0.214. The van der Waals surface area contributed by atoms with E-state index in [1.807, 2.05) is 0 Å². The van der Waals surface area contributed by atoms with Gasteiger partial charge in [-0.2, -0.15) is 5.10 Å². The Morgan fingerprint density at radius 1 is 1.33 bits per heavy atom. The molecule has 0 spiro atoms. The summed E-state index contributed by atoms with van der Waals surface area (Å²) in [5, 5.41) is 15.6. The van der Waals surface area contributed by atoms with Crippen LogP contribution in [0.25, 0.3) is 0 Å². The summed E-state index contributed by atoms with van der Waals surface area (Å²) >= 11 is 0. The molecule has 1 aromatic heterocycles. The number of methoxy groups -OCH3 is 1. The van der Waals surface area contributed by atoms with E-state index in [9.17, 15) is 9.59 Å². The zero-order valence-corrected chi connectivity index (χ0v) is 11.7. The first-order chi connectivity index (χ1) is 9.99. The number of nitrogens with zero attached hydrogens (tertiary/aromatic N) is 2. The maximum absolute atomic E-state index is 11.9. The van der Waals surface area contributed by atoms with E-state index in [4.69, 9.17) is 9.84 Å². The molecule has 0 aliphatic heterocycles. The minimum absolute atomic E-state index is 0.0554. The van der Waals surface area contributed by atoms with E-state index >= 15 is 0 Å². The summed E-state index contributed by atoms with van der Waals surface area (Å²) in [6.07, 6.45) is 1.34. The predicted octanol–water partition coefficient (Wildman–Crippen LogP) is 1.54. The van der Waals surface area contributed by atoms with Gasteiger partial charge >= 0.3 is 5.97 Å². The van der Waals surface area contributed by atoms with Crippen molar-refractivity contribution in [2.45, 2.75) is 13.5 Å². The molecule has 0 unspecified atom stereocenters. The molecule has 1 amide bonds.